The molecule has 1 aliphatic heterocycles. The maximum absolute atomic E-state index is 12.4. The lowest BCUT2D eigenvalue weighted by Crippen LogP contribution is -2.47. The van der Waals surface area contributed by atoms with Gasteiger partial charge in [-0.05, 0) is 44.8 Å². The van der Waals surface area contributed by atoms with Gasteiger partial charge in [0, 0.05) is 37.7 Å². The zero-order chi connectivity index (χ0) is 15.6. The number of ether oxygens (including phenoxy) is 1. The molecular formula is C16H27ClN4O2. The predicted octanol–water partition coefficient (Wildman–Crippen LogP) is 1.47. The van der Waals surface area contributed by atoms with E-state index in [0.717, 1.165) is 25.9 Å². The van der Waals surface area contributed by atoms with E-state index in [2.05, 4.69) is 15.7 Å². The van der Waals surface area contributed by atoms with Crippen molar-refractivity contribution in [3.63, 3.8) is 0 Å². The third-order valence-electron chi connectivity index (χ3n) is 4.88. The summed E-state index contributed by atoms with van der Waals surface area (Å²) in [6.45, 7) is 3.30. The number of aromatic nitrogens is 2. The van der Waals surface area contributed by atoms with Gasteiger partial charge in [-0.15, -0.1) is 12.4 Å². The highest BCUT2D eigenvalue weighted by molar-refractivity contribution is 5.92. The molecule has 1 aromatic rings. The van der Waals surface area contributed by atoms with Crippen molar-refractivity contribution in [1.82, 2.24) is 20.4 Å². The number of rotatable bonds is 6. The van der Waals surface area contributed by atoms with Crippen molar-refractivity contribution in [2.24, 2.45) is 12.5 Å². The van der Waals surface area contributed by atoms with Gasteiger partial charge in [0.15, 0.2) is 0 Å². The Labute approximate surface area is 143 Å². The second-order valence-corrected chi connectivity index (χ2v) is 6.72. The third kappa shape index (κ3) is 4.25. The summed E-state index contributed by atoms with van der Waals surface area (Å²) in [5, 5.41) is 10.8. The fourth-order valence-corrected chi connectivity index (χ4v) is 3.35. The number of hydrogen-bond donors (Lipinski definition) is 2. The van der Waals surface area contributed by atoms with Crippen LogP contribution in [0.2, 0.25) is 0 Å². The molecule has 1 aromatic heterocycles. The van der Waals surface area contributed by atoms with Crippen LogP contribution in [0.25, 0.3) is 0 Å². The highest BCUT2D eigenvalue weighted by atomic mass is 35.5. The molecule has 1 saturated heterocycles. The molecule has 0 bridgehead atoms. The van der Waals surface area contributed by atoms with Crippen LogP contribution in [0.15, 0.2) is 6.07 Å². The average molecular weight is 343 g/mol. The minimum absolute atomic E-state index is 0. The molecule has 130 valence electrons. The summed E-state index contributed by atoms with van der Waals surface area (Å²) in [5.41, 5.74) is 1.76. The SMILES string of the molecule is COCC1(CNC(=O)c2cc(C3CC3)n(C)n2)CCNCC1.Cl. The number of amides is 1. The topological polar surface area (TPSA) is 68.2 Å². The van der Waals surface area contributed by atoms with E-state index in [9.17, 15) is 4.79 Å². The third-order valence-corrected chi connectivity index (χ3v) is 4.88. The van der Waals surface area contributed by atoms with E-state index in [1.165, 1.54) is 18.5 Å². The Kier molecular flexibility index (Phi) is 6.06. The van der Waals surface area contributed by atoms with E-state index in [1.54, 1.807) is 7.11 Å². The van der Waals surface area contributed by atoms with Crippen LogP contribution in [0.5, 0.6) is 0 Å². The van der Waals surface area contributed by atoms with E-state index in [1.807, 2.05) is 17.8 Å². The van der Waals surface area contributed by atoms with E-state index < -0.39 is 0 Å². The maximum Gasteiger partial charge on any atom is 0.271 e. The van der Waals surface area contributed by atoms with Crippen molar-refractivity contribution in [3.05, 3.63) is 17.5 Å². The van der Waals surface area contributed by atoms with Crippen molar-refractivity contribution in [2.45, 2.75) is 31.6 Å². The average Bonchev–Trinajstić information content (AvgIpc) is 3.29. The molecule has 23 heavy (non-hydrogen) atoms. The lowest BCUT2D eigenvalue weighted by molar-refractivity contribution is 0.0510. The molecule has 2 fully saturated rings. The number of carbonyl (C=O) groups is 1. The molecular weight excluding hydrogens is 316 g/mol. The van der Waals surface area contributed by atoms with Gasteiger partial charge >= 0.3 is 0 Å². The lowest BCUT2D eigenvalue weighted by atomic mass is 9.79. The molecule has 7 heteroatoms. The second-order valence-electron chi connectivity index (χ2n) is 6.72. The number of piperidine rings is 1. The molecule has 0 unspecified atom stereocenters. The summed E-state index contributed by atoms with van der Waals surface area (Å²) >= 11 is 0. The fraction of sp³-hybridized carbons (Fsp3) is 0.750. The van der Waals surface area contributed by atoms with Gasteiger partial charge in [0.1, 0.15) is 5.69 Å². The smallest absolute Gasteiger partial charge is 0.271 e. The number of aryl methyl sites for hydroxylation is 1. The minimum Gasteiger partial charge on any atom is -0.384 e. The minimum atomic E-state index is -0.0727. The van der Waals surface area contributed by atoms with Gasteiger partial charge in [-0.25, -0.2) is 0 Å². The summed E-state index contributed by atoms with van der Waals surface area (Å²) in [7, 11) is 3.65. The van der Waals surface area contributed by atoms with E-state index in [4.69, 9.17) is 4.74 Å². The van der Waals surface area contributed by atoms with Crippen molar-refractivity contribution >= 4 is 18.3 Å². The van der Waals surface area contributed by atoms with Crippen LogP contribution in [0, 0.1) is 5.41 Å². The summed E-state index contributed by atoms with van der Waals surface area (Å²) in [6, 6.07) is 1.94. The molecule has 0 radical (unpaired) electrons. The van der Waals surface area contributed by atoms with Crippen LogP contribution in [0.1, 0.15) is 47.8 Å². The quantitative estimate of drug-likeness (QED) is 0.821. The standard InChI is InChI=1S/C16H26N4O2.ClH/c1-20-14(12-3-4-12)9-13(19-20)15(21)18-10-16(11-22-2)5-7-17-8-6-16;/h9,12,17H,3-8,10-11H2,1-2H3,(H,18,21);1H. The molecule has 2 heterocycles. The van der Waals surface area contributed by atoms with E-state index >= 15 is 0 Å². The Hall–Kier alpha value is -1.11. The molecule has 0 atom stereocenters. The first kappa shape index (κ1) is 18.2. The zero-order valence-corrected chi connectivity index (χ0v) is 14.7. The van der Waals surface area contributed by atoms with Gasteiger partial charge in [-0.3, -0.25) is 9.48 Å². The van der Waals surface area contributed by atoms with E-state index in [-0.39, 0.29) is 23.7 Å². The van der Waals surface area contributed by atoms with Gasteiger partial charge in [0.25, 0.3) is 5.91 Å². The predicted molar refractivity (Wildman–Crippen MR) is 91.2 cm³/mol. The molecule has 1 aliphatic carbocycles. The van der Waals surface area contributed by atoms with E-state index in [0.29, 0.717) is 24.8 Å². The van der Waals surface area contributed by atoms with Crippen molar-refractivity contribution in [1.29, 1.82) is 0 Å². The molecule has 2 N–H and O–H groups in total. The summed E-state index contributed by atoms with van der Waals surface area (Å²) in [5.74, 6) is 0.528. The summed E-state index contributed by atoms with van der Waals surface area (Å²) in [6.07, 6.45) is 4.47. The molecule has 1 saturated carbocycles. The highest BCUT2D eigenvalue weighted by Crippen LogP contribution is 2.39. The largest absolute Gasteiger partial charge is 0.384 e. The fourth-order valence-electron chi connectivity index (χ4n) is 3.35. The van der Waals surface area contributed by atoms with Crippen molar-refractivity contribution < 1.29 is 9.53 Å². The lowest BCUT2D eigenvalue weighted by Gasteiger charge is -2.37. The van der Waals surface area contributed by atoms with Crippen LogP contribution in [-0.2, 0) is 11.8 Å². The van der Waals surface area contributed by atoms with Crippen LogP contribution in [-0.4, -0.2) is 49.0 Å². The molecule has 6 nitrogen and oxygen atoms in total. The van der Waals surface area contributed by atoms with Gasteiger partial charge in [-0.2, -0.15) is 5.10 Å². The van der Waals surface area contributed by atoms with Gasteiger partial charge in [-0.1, -0.05) is 0 Å². The normalized spacial score (nSPS) is 19.9. The highest BCUT2D eigenvalue weighted by Gasteiger charge is 2.33. The van der Waals surface area contributed by atoms with Gasteiger partial charge < -0.3 is 15.4 Å². The second kappa shape index (κ2) is 7.64. The molecule has 1 amide bonds. The summed E-state index contributed by atoms with van der Waals surface area (Å²) in [4.78, 5) is 12.4. The Morgan fingerprint density at radius 3 is 2.78 bits per heavy atom. The number of methoxy groups -OCH3 is 1. The van der Waals surface area contributed by atoms with Crippen molar-refractivity contribution in [2.75, 3.05) is 33.4 Å². The van der Waals surface area contributed by atoms with Gasteiger partial charge in [0.2, 0.25) is 0 Å². The Morgan fingerprint density at radius 2 is 2.17 bits per heavy atom. The number of hydrogen-bond acceptors (Lipinski definition) is 4. The first-order chi connectivity index (χ1) is 10.6. The molecule has 0 spiro atoms. The molecule has 2 aliphatic rings. The van der Waals surface area contributed by atoms with Crippen molar-refractivity contribution in [3.8, 4) is 0 Å². The number of nitrogens with zero attached hydrogens (tertiary/aromatic N) is 2. The van der Waals surface area contributed by atoms with Gasteiger partial charge in [0.05, 0.1) is 6.61 Å². The van der Waals surface area contributed by atoms with Crippen LogP contribution >= 0.6 is 12.4 Å². The molecule has 3 rings (SSSR count). The van der Waals surface area contributed by atoms with Crippen LogP contribution < -0.4 is 10.6 Å². The Bertz CT molecular complexity index is 531. The maximum atomic E-state index is 12.4. The Morgan fingerprint density at radius 1 is 1.48 bits per heavy atom. The number of halogens is 1. The van der Waals surface area contributed by atoms with Crippen LogP contribution in [0.4, 0.5) is 0 Å². The number of nitrogens with one attached hydrogen (secondary N) is 2. The summed E-state index contributed by atoms with van der Waals surface area (Å²) < 4.78 is 7.24. The first-order valence-electron chi connectivity index (χ1n) is 8.15. The molecule has 0 aromatic carbocycles. The monoisotopic (exact) mass is 342 g/mol. The van der Waals surface area contributed by atoms with Crippen LogP contribution in [0.3, 0.4) is 0 Å². The zero-order valence-electron chi connectivity index (χ0n) is 13.9. The Balaban J connectivity index is 0.00000192. The first-order valence-corrected chi connectivity index (χ1v) is 8.15. The number of carbonyl (C=O) groups excluding carboxylic acids is 1.